The first kappa shape index (κ1) is 20.8. The van der Waals surface area contributed by atoms with E-state index in [0.717, 1.165) is 12.8 Å². The summed E-state index contributed by atoms with van der Waals surface area (Å²) in [6, 6.07) is 4.00. The zero-order valence-corrected chi connectivity index (χ0v) is 18.3. The second kappa shape index (κ2) is 7.50. The second-order valence-electron chi connectivity index (χ2n) is 8.28. The minimum absolute atomic E-state index is 0.0373. The lowest BCUT2D eigenvalue weighted by Gasteiger charge is -2.35. The molecule has 1 fully saturated rings. The summed E-state index contributed by atoms with van der Waals surface area (Å²) in [6.07, 6.45) is 1.65. The van der Waals surface area contributed by atoms with Crippen LogP contribution in [0.2, 0.25) is 0 Å². The maximum absolute atomic E-state index is 14.7. The Morgan fingerprint density at radius 3 is 2.64 bits per heavy atom. The van der Waals surface area contributed by atoms with Crippen LogP contribution >= 0.6 is 0 Å². The number of anilines is 4. The molecule has 170 valence electrons. The largest absolute Gasteiger partial charge is 0.364 e. The van der Waals surface area contributed by atoms with Crippen LogP contribution in [0.25, 0.3) is 5.69 Å². The van der Waals surface area contributed by atoms with Crippen LogP contribution in [-0.4, -0.2) is 43.8 Å². The zero-order valence-electron chi connectivity index (χ0n) is 18.3. The second-order valence-corrected chi connectivity index (χ2v) is 8.28. The van der Waals surface area contributed by atoms with Gasteiger partial charge in [-0.1, -0.05) is 0 Å². The summed E-state index contributed by atoms with van der Waals surface area (Å²) in [5.41, 5.74) is 7.06. The SMILES string of the molecule is Cc1nc2n(n1)-c1cc(F)cc(Nc3cc(NC(=O)C4CC4)nnc3C(N)=O)c1N(C)[C@H]2C. The minimum Gasteiger partial charge on any atom is -0.364 e. The lowest BCUT2D eigenvalue weighted by molar-refractivity contribution is -0.117. The molecule has 1 atom stereocenters. The standard InChI is InChI=1S/C21H22FN9O2/c1-9-20-24-10(2)29-31(20)15-7-12(22)6-14(18(15)30(9)3)25-13-8-16(26-21(33)11-4-5-11)27-28-17(13)19(23)32/h6-9,11H,4-5H2,1-3H3,(H2,23,32)(H2,25,26,27,33)/t9-/m0/s1. The molecule has 2 aliphatic rings. The number of aryl methyl sites for hydroxylation is 1. The Bertz CT molecular complexity index is 1300. The molecule has 0 radical (unpaired) electrons. The number of hydrogen-bond acceptors (Lipinski definition) is 8. The Morgan fingerprint density at radius 2 is 1.94 bits per heavy atom. The molecule has 12 heteroatoms. The van der Waals surface area contributed by atoms with E-state index in [1.165, 1.54) is 18.2 Å². The van der Waals surface area contributed by atoms with Crippen molar-refractivity contribution in [1.29, 1.82) is 0 Å². The first-order valence-corrected chi connectivity index (χ1v) is 10.5. The molecule has 0 saturated heterocycles. The Hall–Kier alpha value is -4.09. The molecule has 0 spiro atoms. The predicted octanol–water partition coefficient (Wildman–Crippen LogP) is 2.21. The van der Waals surface area contributed by atoms with Gasteiger partial charge in [0.2, 0.25) is 5.91 Å². The molecule has 1 aliphatic heterocycles. The number of nitrogens with one attached hydrogen (secondary N) is 2. The number of halogens is 1. The van der Waals surface area contributed by atoms with E-state index in [2.05, 4.69) is 30.9 Å². The monoisotopic (exact) mass is 451 g/mol. The number of rotatable bonds is 5. The molecule has 11 nitrogen and oxygen atoms in total. The number of carbonyl (C=O) groups excluding carboxylic acids is 2. The van der Waals surface area contributed by atoms with Gasteiger partial charge in [0.1, 0.15) is 11.6 Å². The van der Waals surface area contributed by atoms with Gasteiger partial charge in [0, 0.05) is 25.1 Å². The number of aromatic nitrogens is 5. The van der Waals surface area contributed by atoms with Crippen molar-refractivity contribution in [3.8, 4) is 5.69 Å². The van der Waals surface area contributed by atoms with Gasteiger partial charge >= 0.3 is 0 Å². The normalized spacial score (nSPS) is 16.7. The Morgan fingerprint density at radius 1 is 1.18 bits per heavy atom. The predicted molar refractivity (Wildman–Crippen MR) is 118 cm³/mol. The van der Waals surface area contributed by atoms with E-state index in [0.29, 0.717) is 28.7 Å². The maximum atomic E-state index is 14.7. The molecule has 1 aliphatic carbocycles. The average Bonchev–Trinajstić information content (AvgIpc) is 3.53. The van der Waals surface area contributed by atoms with E-state index >= 15 is 0 Å². The van der Waals surface area contributed by atoms with Gasteiger partial charge in [-0.25, -0.2) is 14.1 Å². The number of nitrogens with zero attached hydrogens (tertiary/aromatic N) is 6. The number of benzene rings is 1. The van der Waals surface area contributed by atoms with Gasteiger partial charge < -0.3 is 21.3 Å². The van der Waals surface area contributed by atoms with Crippen molar-refractivity contribution < 1.29 is 14.0 Å². The minimum atomic E-state index is -0.814. The smallest absolute Gasteiger partial charge is 0.271 e. The van der Waals surface area contributed by atoms with Gasteiger partial charge in [0.25, 0.3) is 5.91 Å². The summed E-state index contributed by atoms with van der Waals surface area (Å²) in [7, 11) is 1.86. The summed E-state index contributed by atoms with van der Waals surface area (Å²) in [5, 5.41) is 17.9. The van der Waals surface area contributed by atoms with Crippen molar-refractivity contribution in [2.45, 2.75) is 32.7 Å². The molecule has 33 heavy (non-hydrogen) atoms. The van der Waals surface area contributed by atoms with Gasteiger partial charge in [0.15, 0.2) is 17.3 Å². The lowest BCUT2D eigenvalue weighted by atomic mass is 10.1. The van der Waals surface area contributed by atoms with Crippen molar-refractivity contribution in [1.82, 2.24) is 25.0 Å². The topological polar surface area (TPSA) is 144 Å². The van der Waals surface area contributed by atoms with Crippen LogP contribution in [0.15, 0.2) is 18.2 Å². The molecule has 1 aromatic carbocycles. The molecule has 1 saturated carbocycles. The summed E-state index contributed by atoms with van der Waals surface area (Å²) in [5.74, 6) is -0.0950. The quantitative estimate of drug-likeness (QED) is 0.536. The molecule has 3 heterocycles. The fraction of sp³-hybridized carbons (Fsp3) is 0.333. The Balaban J connectivity index is 1.60. The third-order valence-corrected chi connectivity index (χ3v) is 5.82. The van der Waals surface area contributed by atoms with Crippen molar-refractivity contribution in [3.05, 3.63) is 41.4 Å². The summed E-state index contributed by atoms with van der Waals surface area (Å²) >= 11 is 0. The summed E-state index contributed by atoms with van der Waals surface area (Å²) < 4.78 is 16.3. The van der Waals surface area contributed by atoms with E-state index in [1.54, 1.807) is 11.6 Å². The summed E-state index contributed by atoms with van der Waals surface area (Å²) in [4.78, 5) is 30.5. The molecule has 2 amide bonds. The van der Waals surface area contributed by atoms with E-state index < -0.39 is 11.7 Å². The third kappa shape index (κ3) is 3.62. The number of fused-ring (bicyclic) bond motifs is 3. The first-order chi connectivity index (χ1) is 15.7. The average molecular weight is 451 g/mol. The summed E-state index contributed by atoms with van der Waals surface area (Å²) in [6.45, 7) is 3.74. The number of carbonyl (C=O) groups is 2. The van der Waals surface area contributed by atoms with E-state index in [9.17, 15) is 14.0 Å². The fourth-order valence-electron chi connectivity index (χ4n) is 3.91. The molecule has 0 unspecified atom stereocenters. The number of primary amides is 1. The van der Waals surface area contributed by atoms with Crippen LogP contribution in [0.4, 0.5) is 27.3 Å². The highest BCUT2D eigenvalue weighted by atomic mass is 19.1. The molecular formula is C21H22FN9O2. The van der Waals surface area contributed by atoms with Gasteiger partial charge in [-0.3, -0.25) is 9.59 Å². The van der Waals surface area contributed by atoms with Crippen molar-refractivity contribution in [2.75, 3.05) is 22.6 Å². The van der Waals surface area contributed by atoms with Crippen LogP contribution in [0.1, 0.15) is 47.9 Å². The molecule has 3 aromatic rings. The van der Waals surface area contributed by atoms with Crippen LogP contribution in [-0.2, 0) is 4.79 Å². The Labute approximate surface area is 188 Å². The fourth-order valence-corrected chi connectivity index (χ4v) is 3.91. The maximum Gasteiger partial charge on any atom is 0.271 e. The molecular weight excluding hydrogens is 429 g/mol. The molecule has 5 rings (SSSR count). The van der Waals surface area contributed by atoms with Crippen molar-refractivity contribution >= 4 is 34.7 Å². The van der Waals surface area contributed by atoms with Crippen molar-refractivity contribution in [3.63, 3.8) is 0 Å². The van der Waals surface area contributed by atoms with Gasteiger partial charge in [-0.15, -0.1) is 10.2 Å². The molecule has 2 aromatic heterocycles. The van der Waals surface area contributed by atoms with Gasteiger partial charge in [-0.2, -0.15) is 5.10 Å². The number of nitrogens with two attached hydrogens (primary N) is 1. The molecule has 4 N–H and O–H groups in total. The van der Waals surface area contributed by atoms with E-state index in [4.69, 9.17) is 5.73 Å². The highest BCUT2D eigenvalue weighted by molar-refractivity contribution is 5.99. The van der Waals surface area contributed by atoms with Gasteiger partial charge in [-0.05, 0) is 32.8 Å². The van der Waals surface area contributed by atoms with Crippen LogP contribution in [0, 0.1) is 18.7 Å². The van der Waals surface area contributed by atoms with Crippen LogP contribution < -0.4 is 21.3 Å². The Kier molecular flexibility index (Phi) is 4.73. The van der Waals surface area contributed by atoms with Crippen LogP contribution in [0.5, 0.6) is 0 Å². The molecule has 0 bridgehead atoms. The lowest BCUT2D eigenvalue weighted by Crippen LogP contribution is -2.31. The number of hydrogen-bond donors (Lipinski definition) is 3. The van der Waals surface area contributed by atoms with E-state index in [1.807, 2.05) is 18.9 Å². The zero-order chi connectivity index (χ0) is 23.4. The highest BCUT2D eigenvalue weighted by Crippen LogP contribution is 2.43. The van der Waals surface area contributed by atoms with E-state index in [-0.39, 0.29) is 35.1 Å². The van der Waals surface area contributed by atoms with Gasteiger partial charge in [0.05, 0.1) is 28.8 Å². The highest BCUT2D eigenvalue weighted by Gasteiger charge is 2.32. The van der Waals surface area contributed by atoms with Crippen molar-refractivity contribution in [2.24, 2.45) is 11.7 Å². The van der Waals surface area contributed by atoms with Crippen LogP contribution in [0.3, 0.4) is 0 Å². The first-order valence-electron chi connectivity index (χ1n) is 10.5. The third-order valence-electron chi connectivity index (χ3n) is 5.82. The number of amides is 2.